The lowest BCUT2D eigenvalue weighted by Crippen LogP contribution is -2.36. The summed E-state index contributed by atoms with van der Waals surface area (Å²) in [5, 5.41) is 3.51. The molecule has 0 saturated carbocycles. The van der Waals surface area contributed by atoms with Crippen molar-refractivity contribution in [3.05, 3.63) is 0 Å². The van der Waals surface area contributed by atoms with Crippen molar-refractivity contribution >= 4 is 0 Å². The molecule has 0 aliphatic heterocycles. The van der Waals surface area contributed by atoms with Gasteiger partial charge in [-0.05, 0) is 47.0 Å². The van der Waals surface area contributed by atoms with Crippen LogP contribution in [-0.4, -0.2) is 51.3 Å². The normalized spacial score (nSPS) is 13.5. The molecule has 0 spiro atoms. The van der Waals surface area contributed by atoms with Gasteiger partial charge in [0.2, 0.25) is 0 Å². The molecule has 0 rings (SSSR count). The Morgan fingerprint density at radius 2 is 2.00 bits per heavy atom. The van der Waals surface area contributed by atoms with E-state index in [1.807, 2.05) is 6.92 Å². The van der Waals surface area contributed by atoms with Crippen molar-refractivity contribution in [2.45, 2.75) is 32.7 Å². The number of nitrogens with one attached hydrogen (secondary N) is 1. The summed E-state index contributed by atoms with van der Waals surface area (Å²) in [5.41, 5.74) is 0. The van der Waals surface area contributed by atoms with Crippen molar-refractivity contribution in [3.8, 4) is 0 Å². The first-order valence-corrected chi connectivity index (χ1v) is 5.66. The van der Waals surface area contributed by atoms with E-state index in [2.05, 4.69) is 31.2 Å². The highest BCUT2D eigenvalue weighted by atomic mass is 16.5. The summed E-state index contributed by atoms with van der Waals surface area (Å²) in [6.45, 7) is 8.09. The zero-order chi connectivity index (χ0) is 10.8. The van der Waals surface area contributed by atoms with E-state index in [1.165, 1.54) is 6.42 Å². The molecule has 1 atom stereocenters. The van der Waals surface area contributed by atoms with Gasteiger partial charge in [-0.15, -0.1) is 0 Å². The summed E-state index contributed by atoms with van der Waals surface area (Å²) >= 11 is 0. The second-order valence-electron chi connectivity index (χ2n) is 3.90. The van der Waals surface area contributed by atoms with Crippen LogP contribution in [0.2, 0.25) is 0 Å². The second kappa shape index (κ2) is 9.44. The van der Waals surface area contributed by atoms with Gasteiger partial charge < -0.3 is 15.0 Å². The van der Waals surface area contributed by atoms with Gasteiger partial charge in [-0.2, -0.15) is 0 Å². The molecule has 0 bridgehead atoms. The Bertz CT molecular complexity index is 110. The number of ether oxygens (including phenoxy) is 1. The van der Waals surface area contributed by atoms with Crippen LogP contribution in [-0.2, 0) is 4.74 Å². The average molecular weight is 202 g/mol. The molecule has 0 fully saturated rings. The molecule has 0 heterocycles. The van der Waals surface area contributed by atoms with E-state index in [0.29, 0.717) is 6.04 Å². The van der Waals surface area contributed by atoms with E-state index in [1.54, 1.807) is 0 Å². The molecule has 1 unspecified atom stereocenters. The van der Waals surface area contributed by atoms with E-state index in [-0.39, 0.29) is 0 Å². The Kier molecular flexibility index (Phi) is 9.35. The monoisotopic (exact) mass is 202 g/mol. The van der Waals surface area contributed by atoms with Crippen molar-refractivity contribution in [1.29, 1.82) is 0 Å². The van der Waals surface area contributed by atoms with Crippen molar-refractivity contribution in [2.75, 3.05) is 40.4 Å². The predicted molar refractivity (Wildman–Crippen MR) is 61.7 cm³/mol. The lowest BCUT2D eigenvalue weighted by atomic mass is 10.2. The minimum absolute atomic E-state index is 0.511. The number of rotatable bonds is 9. The van der Waals surface area contributed by atoms with E-state index in [9.17, 15) is 0 Å². The second-order valence-corrected chi connectivity index (χ2v) is 3.90. The Labute approximate surface area is 88.8 Å². The third-order valence-electron chi connectivity index (χ3n) is 2.13. The molecular formula is C11H26N2O. The SMILES string of the molecule is CCCNC(CCN(C)C)COCC. The summed E-state index contributed by atoms with van der Waals surface area (Å²) in [4.78, 5) is 2.21. The lowest BCUT2D eigenvalue weighted by molar-refractivity contribution is 0.117. The van der Waals surface area contributed by atoms with Gasteiger partial charge in [0.25, 0.3) is 0 Å². The maximum atomic E-state index is 5.44. The fraction of sp³-hybridized carbons (Fsp3) is 1.00. The Balaban J connectivity index is 3.60. The fourth-order valence-electron chi connectivity index (χ4n) is 1.27. The molecule has 0 aliphatic carbocycles. The van der Waals surface area contributed by atoms with Crippen molar-refractivity contribution in [1.82, 2.24) is 10.2 Å². The van der Waals surface area contributed by atoms with Crippen LogP contribution in [0.1, 0.15) is 26.7 Å². The summed E-state index contributed by atoms with van der Waals surface area (Å²) in [6, 6.07) is 0.511. The maximum Gasteiger partial charge on any atom is 0.0619 e. The molecule has 0 saturated heterocycles. The van der Waals surface area contributed by atoms with Crippen LogP contribution in [0.4, 0.5) is 0 Å². The van der Waals surface area contributed by atoms with Crippen LogP contribution < -0.4 is 5.32 Å². The number of nitrogens with zero attached hydrogens (tertiary/aromatic N) is 1. The molecule has 0 radical (unpaired) electrons. The minimum Gasteiger partial charge on any atom is -0.380 e. The summed E-state index contributed by atoms with van der Waals surface area (Å²) in [7, 11) is 4.22. The van der Waals surface area contributed by atoms with Crippen LogP contribution in [0, 0.1) is 0 Å². The number of hydrogen-bond acceptors (Lipinski definition) is 3. The van der Waals surface area contributed by atoms with Crippen LogP contribution in [0.15, 0.2) is 0 Å². The topological polar surface area (TPSA) is 24.5 Å². The first-order valence-electron chi connectivity index (χ1n) is 5.66. The number of hydrogen-bond donors (Lipinski definition) is 1. The standard InChI is InChI=1S/C11H26N2O/c1-5-8-12-11(10-14-6-2)7-9-13(3)4/h11-12H,5-10H2,1-4H3. The lowest BCUT2D eigenvalue weighted by Gasteiger charge is -2.20. The molecule has 3 heteroatoms. The summed E-state index contributed by atoms with van der Waals surface area (Å²) in [5.74, 6) is 0. The van der Waals surface area contributed by atoms with Crippen LogP contribution in [0.25, 0.3) is 0 Å². The first-order chi connectivity index (χ1) is 6.70. The van der Waals surface area contributed by atoms with Gasteiger partial charge >= 0.3 is 0 Å². The van der Waals surface area contributed by atoms with Gasteiger partial charge in [0.1, 0.15) is 0 Å². The van der Waals surface area contributed by atoms with Gasteiger partial charge in [-0.3, -0.25) is 0 Å². The summed E-state index contributed by atoms with van der Waals surface area (Å²) < 4.78 is 5.44. The van der Waals surface area contributed by atoms with E-state index < -0.39 is 0 Å². The van der Waals surface area contributed by atoms with Crippen molar-refractivity contribution < 1.29 is 4.74 Å². The van der Waals surface area contributed by atoms with Crippen LogP contribution in [0.3, 0.4) is 0 Å². The molecule has 3 nitrogen and oxygen atoms in total. The molecule has 14 heavy (non-hydrogen) atoms. The first kappa shape index (κ1) is 13.9. The fourth-order valence-corrected chi connectivity index (χ4v) is 1.27. The zero-order valence-corrected chi connectivity index (χ0v) is 10.2. The zero-order valence-electron chi connectivity index (χ0n) is 10.2. The third-order valence-corrected chi connectivity index (χ3v) is 2.13. The average Bonchev–Trinajstić information content (AvgIpc) is 2.16. The molecule has 0 aromatic heterocycles. The van der Waals surface area contributed by atoms with Gasteiger partial charge in [0.05, 0.1) is 6.61 Å². The van der Waals surface area contributed by atoms with E-state index in [4.69, 9.17) is 4.74 Å². The van der Waals surface area contributed by atoms with Gasteiger partial charge in [0.15, 0.2) is 0 Å². The van der Waals surface area contributed by atoms with Crippen LogP contribution >= 0.6 is 0 Å². The van der Waals surface area contributed by atoms with Crippen molar-refractivity contribution in [2.24, 2.45) is 0 Å². The Morgan fingerprint density at radius 1 is 1.29 bits per heavy atom. The smallest absolute Gasteiger partial charge is 0.0619 e. The Hall–Kier alpha value is -0.120. The highest BCUT2D eigenvalue weighted by Crippen LogP contribution is 1.95. The molecule has 0 aromatic carbocycles. The molecule has 0 aromatic rings. The largest absolute Gasteiger partial charge is 0.380 e. The summed E-state index contributed by atoms with van der Waals surface area (Å²) in [6.07, 6.45) is 2.34. The van der Waals surface area contributed by atoms with E-state index >= 15 is 0 Å². The van der Waals surface area contributed by atoms with Gasteiger partial charge in [-0.1, -0.05) is 6.92 Å². The third kappa shape index (κ3) is 8.48. The highest BCUT2D eigenvalue weighted by molar-refractivity contribution is 4.67. The highest BCUT2D eigenvalue weighted by Gasteiger charge is 2.07. The Morgan fingerprint density at radius 3 is 2.50 bits per heavy atom. The predicted octanol–water partition coefficient (Wildman–Crippen LogP) is 1.34. The van der Waals surface area contributed by atoms with Crippen LogP contribution in [0.5, 0.6) is 0 Å². The molecular weight excluding hydrogens is 176 g/mol. The minimum atomic E-state index is 0.511. The maximum absolute atomic E-state index is 5.44. The van der Waals surface area contributed by atoms with E-state index in [0.717, 1.165) is 32.7 Å². The van der Waals surface area contributed by atoms with Gasteiger partial charge in [-0.25, -0.2) is 0 Å². The quantitative estimate of drug-likeness (QED) is 0.611. The molecule has 1 N–H and O–H groups in total. The van der Waals surface area contributed by atoms with Crippen molar-refractivity contribution in [3.63, 3.8) is 0 Å². The van der Waals surface area contributed by atoms with Gasteiger partial charge in [0, 0.05) is 12.6 Å². The molecule has 86 valence electrons. The molecule has 0 aliphatic rings. The molecule has 0 amide bonds.